The van der Waals surface area contributed by atoms with Crippen molar-refractivity contribution < 1.29 is 14.3 Å². The molecule has 0 saturated carbocycles. The van der Waals surface area contributed by atoms with E-state index in [0.29, 0.717) is 29.4 Å². The Balaban J connectivity index is 1.57. The predicted molar refractivity (Wildman–Crippen MR) is 109 cm³/mol. The zero-order valence-electron chi connectivity index (χ0n) is 15.6. The van der Waals surface area contributed by atoms with Crippen LogP contribution in [0.25, 0.3) is 0 Å². The number of carbonyl (C=O) groups is 2. The second kappa shape index (κ2) is 7.29. The average Bonchev–Trinajstić information content (AvgIpc) is 3.16. The second-order valence-corrected chi connectivity index (χ2v) is 8.80. The van der Waals surface area contributed by atoms with E-state index in [0.717, 1.165) is 10.5 Å². The molecule has 6 nitrogen and oxygen atoms in total. The monoisotopic (exact) mass is 417 g/mol. The number of fused-ring (bicyclic) bond motifs is 3. The number of pyridine rings is 1. The first kappa shape index (κ1) is 19.1. The van der Waals surface area contributed by atoms with E-state index in [1.54, 1.807) is 29.3 Å². The molecule has 0 radical (unpaired) electrons. The fraction of sp³-hybridized carbons (Fsp3) is 0.350. The van der Waals surface area contributed by atoms with Crippen molar-refractivity contribution in [2.45, 2.75) is 49.1 Å². The van der Waals surface area contributed by atoms with Gasteiger partial charge in [0.25, 0.3) is 5.91 Å². The maximum Gasteiger partial charge on any atom is 0.257 e. The highest BCUT2D eigenvalue weighted by molar-refractivity contribution is 8.02. The molecule has 2 aromatic rings. The molecule has 1 fully saturated rings. The summed E-state index contributed by atoms with van der Waals surface area (Å²) in [5, 5.41) is 3.52. The number of rotatable bonds is 5. The van der Waals surface area contributed by atoms with Gasteiger partial charge in [-0.05, 0) is 44.5 Å². The molecule has 1 N–H and O–H groups in total. The van der Waals surface area contributed by atoms with Crippen LogP contribution in [0.3, 0.4) is 0 Å². The number of nitrogens with zero attached hydrogens (tertiary/aromatic N) is 2. The van der Waals surface area contributed by atoms with Crippen molar-refractivity contribution in [1.29, 1.82) is 0 Å². The minimum Gasteiger partial charge on any atom is -0.475 e. The van der Waals surface area contributed by atoms with Gasteiger partial charge in [-0.15, -0.1) is 0 Å². The summed E-state index contributed by atoms with van der Waals surface area (Å²) in [7, 11) is 0. The number of hydrogen-bond donors (Lipinski definition) is 1. The molecule has 1 atom stereocenters. The molecule has 0 bridgehead atoms. The smallest absolute Gasteiger partial charge is 0.257 e. The number of aromatic nitrogens is 1. The van der Waals surface area contributed by atoms with Crippen molar-refractivity contribution in [2.24, 2.45) is 0 Å². The lowest BCUT2D eigenvalue weighted by Gasteiger charge is -2.29. The van der Waals surface area contributed by atoms with E-state index in [1.165, 1.54) is 11.8 Å². The topological polar surface area (TPSA) is 71.5 Å². The second-order valence-electron chi connectivity index (χ2n) is 7.04. The highest BCUT2D eigenvalue weighted by Crippen LogP contribution is 2.56. The molecule has 4 rings (SSSR count). The molecule has 28 heavy (non-hydrogen) atoms. The molecule has 2 aliphatic heterocycles. The number of nitrogens with one attached hydrogen (secondary N) is 1. The Hall–Kier alpha value is -2.25. The van der Waals surface area contributed by atoms with E-state index in [9.17, 15) is 9.59 Å². The maximum atomic E-state index is 13.2. The summed E-state index contributed by atoms with van der Waals surface area (Å²) in [6, 6.07) is 9.06. The van der Waals surface area contributed by atoms with Crippen molar-refractivity contribution in [3.05, 3.63) is 47.1 Å². The van der Waals surface area contributed by atoms with E-state index in [1.807, 2.05) is 26.0 Å². The third-order valence-electron chi connectivity index (χ3n) is 4.72. The molecule has 3 heterocycles. The number of benzene rings is 1. The molecule has 1 saturated heterocycles. The predicted octanol–water partition coefficient (Wildman–Crippen LogP) is 3.77. The molecule has 2 amide bonds. The molecule has 2 aliphatic rings. The van der Waals surface area contributed by atoms with Crippen LogP contribution in [0.5, 0.6) is 5.88 Å². The zero-order valence-corrected chi connectivity index (χ0v) is 17.1. The van der Waals surface area contributed by atoms with Gasteiger partial charge in [-0.2, -0.15) is 0 Å². The molecule has 0 spiro atoms. The molecule has 1 unspecified atom stereocenters. The maximum absolute atomic E-state index is 13.2. The number of thioether (sulfide) groups is 1. The normalized spacial score (nSPS) is 20.3. The number of hydrogen-bond acceptors (Lipinski definition) is 5. The third-order valence-corrected chi connectivity index (χ3v) is 6.43. The third kappa shape index (κ3) is 3.22. The van der Waals surface area contributed by atoms with E-state index in [4.69, 9.17) is 16.3 Å². The van der Waals surface area contributed by atoms with Crippen molar-refractivity contribution in [3.63, 3.8) is 0 Å². The number of amides is 2. The minimum absolute atomic E-state index is 0.0180. The van der Waals surface area contributed by atoms with Gasteiger partial charge < -0.3 is 10.1 Å². The summed E-state index contributed by atoms with van der Waals surface area (Å²) in [5.41, 5.74) is 1.50. The first-order valence-electron chi connectivity index (χ1n) is 9.11. The highest BCUT2D eigenvalue weighted by atomic mass is 35.5. The first-order valence-corrected chi connectivity index (χ1v) is 10.3. The molecule has 1 aromatic heterocycles. The number of anilines is 1. The summed E-state index contributed by atoms with van der Waals surface area (Å²) >= 11 is 7.53. The van der Waals surface area contributed by atoms with Gasteiger partial charge in [0.15, 0.2) is 4.87 Å². The van der Waals surface area contributed by atoms with Crippen LogP contribution in [-0.2, 0) is 16.1 Å². The standard InChI is InChI=1S/C20H20ClN3O3S/c1-12(2)27-18-13(4-3-9-22-18)11-23-19(26)20-8-7-17(25)24(20)15-10-14(21)5-6-16(15)28-20/h3-6,9-10,12H,7-8,11H2,1-2H3,(H,23,26). The Morgan fingerprint density at radius 1 is 1.43 bits per heavy atom. The Bertz CT molecular complexity index is 952. The minimum atomic E-state index is -0.967. The van der Waals surface area contributed by atoms with Crippen LogP contribution in [-0.4, -0.2) is 27.8 Å². The summed E-state index contributed by atoms with van der Waals surface area (Å²) < 4.78 is 5.72. The van der Waals surface area contributed by atoms with Crippen molar-refractivity contribution in [2.75, 3.05) is 4.90 Å². The van der Waals surface area contributed by atoms with Crippen LogP contribution < -0.4 is 15.0 Å². The Morgan fingerprint density at radius 3 is 3.04 bits per heavy atom. The summed E-state index contributed by atoms with van der Waals surface area (Å²) in [5.74, 6) is 0.243. The average molecular weight is 418 g/mol. The lowest BCUT2D eigenvalue weighted by molar-refractivity contribution is -0.125. The van der Waals surface area contributed by atoms with Gasteiger partial charge in [0, 0.05) is 34.6 Å². The van der Waals surface area contributed by atoms with Crippen LogP contribution in [0.2, 0.25) is 5.02 Å². The Morgan fingerprint density at radius 2 is 2.25 bits per heavy atom. The summed E-state index contributed by atoms with van der Waals surface area (Å²) in [6.07, 6.45) is 2.43. The van der Waals surface area contributed by atoms with E-state index in [2.05, 4.69) is 10.3 Å². The van der Waals surface area contributed by atoms with E-state index in [-0.39, 0.29) is 24.5 Å². The first-order chi connectivity index (χ1) is 13.4. The van der Waals surface area contributed by atoms with Crippen molar-refractivity contribution in [1.82, 2.24) is 10.3 Å². The Labute approximate surface area is 172 Å². The van der Waals surface area contributed by atoms with Crippen molar-refractivity contribution in [3.8, 4) is 5.88 Å². The van der Waals surface area contributed by atoms with Crippen LogP contribution in [0, 0.1) is 0 Å². The number of carbonyl (C=O) groups excluding carboxylic acids is 2. The van der Waals surface area contributed by atoms with Crippen LogP contribution >= 0.6 is 23.4 Å². The Kier molecular flexibility index (Phi) is 4.97. The van der Waals surface area contributed by atoms with Crippen LogP contribution in [0.4, 0.5) is 5.69 Å². The molecule has 1 aromatic carbocycles. The summed E-state index contributed by atoms with van der Waals surface area (Å²) in [4.78, 5) is 31.6. The van der Waals surface area contributed by atoms with E-state index < -0.39 is 4.87 Å². The number of ether oxygens (including phenoxy) is 1. The lowest BCUT2D eigenvalue weighted by atomic mass is 10.1. The molecule has 0 aliphatic carbocycles. The van der Waals surface area contributed by atoms with E-state index >= 15 is 0 Å². The van der Waals surface area contributed by atoms with Gasteiger partial charge in [0.05, 0.1) is 11.8 Å². The van der Waals surface area contributed by atoms with Gasteiger partial charge in [-0.25, -0.2) is 4.98 Å². The molecular weight excluding hydrogens is 398 g/mol. The van der Waals surface area contributed by atoms with Crippen molar-refractivity contribution >= 4 is 40.9 Å². The summed E-state index contributed by atoms with van der Waals surface area (Å²) in [6.45, 7) is 4.13. The number of halogens is 1. The largest absolute Gasteiger partial charge is 0.475 e. The van der Waals surface area contributed by atoms with Crippen LogP contribution in [0.15, 0.2) is 41.4 Å². The van der Waals surface area contributed by atoms with Gasteiger partial charge in [-0.1, -0.05) is 29.4 Å². The van der Waals surface area contributed by atoms with Gasteiger partial charge in [-0.3, -0.25) is 14.5 Å². The molecule has 146 valence electrons. The van der Waals surface area contributed by atoms with Gasteiger partial charge in [0.2, 0.25) is 11.8 Å². The fourth-order valence-corrected chi connectivity index (χ4v) is 5.11. The van der Waals surface area contributed by atoms with Gasteiger partial charge in [0.1, 0.15) is 0 Å². The SMILES string of the molecule is CC(C)Oc1ncccc1CNC(=O)C12CCC(=O)N1c1cc(Cl)ccc1S2. The van der Waals surface area contributed by atoms with Gasteiger partial charge >= 0.3 is 0 Å². The fourth-order valence-electron chi connectivity index (χ4n) is 3.52. The molecule has 8 heteroatoms. The molecular formula is C20H20ClN3O3S. The lowest BCUT2D eigenvalue weighted by Crippen LogP contribution is -2.52. The zero-order chi connectivity index (χ0) is 19.9. The quantitative estimate of drug-likeness (QED) is 0.801. The highest BCUT2D eigenvalue weighted by Gasteiger charge is 2.57. The van der Waals surface area contributed by atoms with Crippen LogP contribution in [0.1, 0.15) is 32.3 Å².